The number of phenols is 1. The van der Waals surface area contributed by atoms with Crippen LogP contribution in [0.1, 0.15) is 178 Å². The number of hydrogen-bond acceptors (Lipinski definition) is 8. The molecule has 1 aromatic rings. The predicted octanol–water partition coefficient (Wildman–Crippen LogP) is 9.76. The van der Waals surface area contributed by atoms with E-state index in [2.05, 4.69) is 34.6 Å². The highest BCUT2D eigenvalue weighted by Crippen LogP contribution is 2.60. The Hall–Kier alpha value is -2.16. The van der Waals surface area contributed by atoms with Crippen molar-refractivity contribution < 1.29 is 39.1 Å². The topological polar surface area (TPSA) is 123 Å². The predicted molar refractivity (Wildman–Crippen MR) is 202 cm³/mol. The van der Waals surface area contributed by atoms with Crippen LogP contribution >= 0.6 is 0 Å². The summed E-state index contributed by atoms with van der Waals surface area (Å²) in [5, 5.41) is 30.3. The van der Waals surface area contributed by atoms with E-state index in [0.29, 0.717) is 30.9 Å². The van der Waals surface area contributed by atoms with Crippen molar-refractivity contribution in [2.75, 3.05) is 0 Å². The van der Waals surface area contributed by atoms with Crippen molar-refractivity contribution in [2.45, 2.75) is 201 Å². The maximum absolute atomic E-state index is 12.4. The van der Waals surface area contributed by atoms with Crippen LogP contribution in [0.15, 0.2) is 24.3 Å². The molecule has 5 fully saturated rings. The van der Waals surface area contributed by atoms with Crippen LogP contribution in [0.5, 0.6) is 5.75 Å². The lowest BCUT2D eigenvalue weighted by Gasteiger charge is -2.62. The zero-order valence-electron chi connectivity index (χ0n) is 33.9. The number of carbonyl (C=O) groups is 2. The molecule has 0 heterocycles. The second kappa shape index (κ2) is 16.9. The van der Waals surface area contributed by atoms with Gasteiger partial charge in [0.05, 0.1) is 28.1 Å². The lowest BCUT2D eigenvalue weighted by atomic mass is 9.50. The van der Waals surface area contributed by atoms with E-state index < -0.39 is 33.9 Å². The van der Waals surface area contributed by atoms with Crippen molar-refractivity contribution in [3.8, 4) is 5.75 Å². The van der Waals surface area contributed by atoms with Crippen LogP contribution in [-0.2, 0) is 23.8 Å². The summed E-state index contributed by atoms with van der Waals surface area (Å²) in [6.45, 7) is 22.2. The molecule has 0 radical (unpaired) electrons. The molecule has 4 atom stereocenters. The minimum Gasteiger partial charge on any atom is -0.508 e. The number of esters is 2. The Morgan fingerprint density at radius 2 is 1.29 bits per heavy atom. The second-order valence-electron chi connectivity index (χ2n) is 18.9. The summed E-state index contributed by atoms with van der Waals surface area (Å²) in [5.41, 5.74) is -2.18. The molecule has 3 N–H and O–H groups in total. The summed E-state index contributed by atoms with van der Waals surface area (Å²) in [5.74, 6) is 0.858. The first-order chi connectivity index (χ1) is 23.5. The summed E-state index contributed by atoms with van der Waals surface area (Å²) < 4.78 is 17.7. The molecule has 51 heavy (non-hydrogen) atoms. The molecular weight excluding hydrogens is 644 g/mol. The Morgan fingerprint density at radius 3 is 1.75 bits per heavy atom. The zero-order valence-corrected chi connectivity index (χ0v) is 33.9. The standard InChI is InChI=1S/C17H32O3.C16H26O4.C10H14O/c1-7-17(5,6)14(18)20-15(16(2,3)4)19-13-11-9-8-10-12-13;1-4-13(2,3)12(17)20-16-7-11-5-14(18,9-16)8-15(19,6-11)10-16;1-3-8(2)9-4-6-10(11)7-5-9/h13,15H,7-12H2,1-6H3;11,18-19H,4-10H2,1-3H3;4-8,11H,3H2,1-2H3. The quantitative estimate of drug-likeness (QED) is 0.162. The van der Waals surface area contributed by atoms with Crippen molar-refractivity contribution in [3.05, 3.63) is 29.8 Å². The fourth-order valence-electron chi connectivity index (χ4n) is 8.07. The molecule has 0 aromatic heterocycles. The second-order valence-corrected chi connectivity index (χ2v) is 18.9. The van der Waals surface area contributed by atoms with Gasteiger partial charge in [0.15, 0.2) is 0 Å². The van der Waals surface area contributed by atoms with Crippen LogP contribution in [-0.4, -0.2) is 56.5 Å². The van der Waals surface area contributed by atoms with Crippen LogP contribution in [0.3, 0.4) is 0 Å². The third-order valence-corrected chi connectivity index (χ3v) is 12.0. The molecule has 4 bridgehead atoms. The van der Waals surface area contributed by atoms with E-state index >= 15 is 0 Å². The molecular formula is C43H72O8. The molecule has 5 aliphatic carbocycles. The summed E-state index contributed by atoms with van der Waals surface area (Å²) in [6.07, 6.45) is 12.0. The van der Waals surface area contributed by atoms with Gasteiger partial charge in [-0.2, -0.15) is 0 Å². The average molecular weight is 717 g/mol. The van der Waals surface area contributed by atoms with E-state index in [1.54, 1.807) is 12.1 Å². The van der Waals surface area contributed by atoms with Crippen molar-refractivity contribution in [3.63, 3.8) is 0 Å². The largest absolute Gasteiger partial charge is 0.508 e. The fourth-order valence-corrected chi connectivity index (χ4v) is 8.07. The van der Waals surface area contributed by atoms with Gasteiger partial charge >= 0.3 is 11.9 Å². The SMILES string of the molecule is CCC(C)(C)C(=O)OC(OC1CCCCC1)C(C)(C)C.CCC(C)(C)C(=O)OC12CC3CC(O)(CC(O)(C3)C1)C2.CCC(C)c1ccc(O)cc1. The fraction of sp³-hybridized carbons (Fsp3) is 0.814. The minimum atomic E-state index is -0.842. The van der Waals surface area contributed by atoms with E-state index in [0.717, 1.165) is 51.4 Å². The Bertz CT molecular complexity index is 1250. The van der Waals surface area contributed by atoms with Crippen LogP contribution in [0, 0.1) is 22.2 Å². The number of ether oxygens (including phenoxy) is 3. The number of rotatable bonds is 10. The summed E-state index contributed by atoms with van der Waals surface area (Å²) in [6, 6.07) is 7.43. The summed E-state index contributed by atoms with van der Waals surface area (Å²) in [4.78, 5) is 24.7. The maximum atomic E-state index is 12.4. The van der Waals surface area contributed by atoms with Crippen LogP contribution < -0.4 is 0 Å². The van der Waals surface area contributed by atoms with E-state index in [9.17, 15) is 19.8 Å². The summed E-state index contributed by atoms with van der Waals surface area (Å²) in [7, 11) is 0. The molecule has 5 saturated carbocycles. The van der Waals surface area contributed by atoms with Crippen LogP contribution in [0.4, 0.5) is 0 Å². The van der Waals surface area contributed by atoms with Gasteiger partial charge in [-0.15, -0.1) is 0 Å². The number of benzene rings is 1. The molecule has 6 rings (SSSR count). The summed E-state index contributed by atoms with van der Waals surface area (Å²) >= 11 is 0. The number of aliphatic hydroxyl groups is 2. The zero-order chi connectivity index (χ0) is 38.5. The lowest BCUT2D eigenvalue weighted by Crippen LogP contribution is -2.67. The molecule has 0 aliphatic heterocycles. The number of hydrogen-bond donors (Lipinski definition) is 3. The van der Waals surface area contributed by atoms with Crippen molar-refractivity contribution in [2.24, 2.45) is 22.2 Å². The van der Waals surface area contributed by atoms with Crippen LogP contribution in [0.25, 0.3) is 0 Å². The molecule has 4 unspecified atom stereocenters. The van der Waals surface area contributed by atoms with Gasteiger partial charge in [0.25, 0.3) is 0 Å². The number of phenolic OH excluding ortho intramolecular Hbond substituents is 1. The first-order valence-corrected chi connectivity index (χ1v) is 19.8. The van der Waals surface area contributed by atoms with Crippen molar-refractivity contribution >= 4 is 11.9 Å². The van der Waals surface area contributed by atoms with Gasteiger partial charge in [-0.05, 0) is 109 Å². The maximum Gasteiger partial charge on any atom is 0.313 e. The Kier molecular flexibility index (Phi) is 14.3. The van der Waals surface area contributed by atoms with Crippen molar-refractivity contribution in [1.29, 1.82) is 0 Å². The Balaban J connectivity index is 0.000000216. The highest BCUT2D eigenvalue weighted by molar-refractivity contribution is 5.76. The minimum absolute atomic E-state index is 0.157. The normalized spacial score (nSPS) is 28.8. The van der Waals surface area contributed by atoms with E-state index in [4.69, 9.17) is 19.3 Å². The Labute approximate surface area is 309 Å². The molecule has 8 nitrogen and oxygen atoms in total. The van der Waals surface area contributed by atoms with E-state index in [1.807, 2.05) is 53.7 Å². The molecule has 0 saturated heterocycles. The molecule has 1 aromatic carbocycles. The molecule has 0 amide bonds. The van der Waals surface area contributed by atoms with Gasteiger partial charge in [-0.1, -0.05) is 79.9 Å². The van der Waals surface area contributed by atoms with E-state index in [1.165, 1.54) is 24.8 Å². The smallest absolute Gasteiger partial charge is 0.313 e. The van der Waals surface area contributed by atoms with Crippen LogP contribution in [0.2, 0.25) is 0 Å². The highest BCUT2D eigenvalue weighted by Gasteiger charge is 2.64. The lowest BCUT2D eigenvalue weighted by molar-refractivity contribution is -0.264. The van der Waals surface area contributed by atoms with Crippen molar-refractivity contribution in [1.82, 2.24) is 0 Å². The number of aromatic hydroxyl groups is 1. The monoisotopic (exact) mass is 717 g/mol. The Morgan fingerprint density at radius 1 is 0.784 bits per heavy atom. The molecule has 292 valence electrons. The molecule has 0 spiro atoms. The first kappa shape index (κ1) is 43.2. The molecule has 5 aliphatic rings. The first-order valence-electron chi connectivity index (χ1n) is 19.8. The highest BCUT2D eigenvalue weighted by atomic mass is 16.7. The van der Waals surface area contributed by atoms with Gasteiger partial charge in [0, 0.05) is 24.7 Å². The van der Waals surface area contributed by atoms with Gasteiger partial charge in [0.2, 0.25) is 6.29 Å². The van der Waals surface area contributed by atoms with Gasteiger partial charge in [0.1, 0.15) is 11.4 Å². The third-order valence-electron chi connectivity index (χ3n) is 12.0. The van der Waals surface area contributed by atoms with Gasteiger partial charge < -0.3 is 29.5 Å². The van der Waals surface area contributed by atoms with Gasteiger partial charge in [-0.3, -0.25) is 9.59 Å². The van der Waals surface area contributed by atoms with Gasteiger partial charge in [-0.25, -0.2) is 0 Å². The molecule has 8 heteroatoms. The third kappa shape index (κ3) is 11.9. The van der Waals surface area contributed by atoms with E-state index in [-0.39, 0.29) is 29.4 Å². The average Bonchev–Trinajstić information content (AvgIpc) is 3.03. The number of carbonyl (C=O) groups excluding carboxylic acids is 2.